The number of rotatable bonds is 3. The molecule has 2 fully saturated rings. The predicted molar refractivity (Wildman–Crippen MR) is 109 cm³/mol. The lowest BCUT2D eigenvalue weighted by Crippen LogP contribution is -2.46. The van der Waals surface area contributed by atoms with Crippen LogP contribution in [0.4, 0.5) is 0 Å². The van der Waals surface area contributed by atoms with Crippen molar-refractivity contribution in [2.75, 3.05) is 19.7 Å². The first-order chi connectivity index (χ1) is 13.7. The molecule has 146 valence electrons. The average molecular weight is 377 g/mol. The lowest BCUT2D eigenvalue weighted by molar-refractivity contribution is -0.132. The number of nitrogens with one attached hydrogen (secondary N) is 1. The van der Waals surface area contributed by atoms with Crippen LogP contribution in [0.2, 0.25) is 0 Å². The summed E-state index contributed by atoms with van der Waals surface area (Å²) >= 11 is 0. The van der Waals surface area contributed by atoms with Gasteiger partial charge in [-0.05, 0) is 60.4 Å². The summed E-state index contributed by atoms with van der Waals surface area (Å²) in [5.74, 6) is 0.511. The zero-order valence-electron chi connectivity index (χ0n) is 16.2. The van der Waals surface area contributed by atoms with Gasteiger partial charge in [0, 0.05) is 6.42 Å². The number of hydrogen-bond donors (Lipinski definition) is 2. The lowest BCUT2D eigenvalue weighted by atomic mass is 9.60. The molecule has 3 atom stereocenters. The van der Waals surface area contributed by atoms with Crippen molar-refractivity contribution < 1.29 is 9.90 Å². The number of carbonyl (C=O) groups is 1. The summed E-state index contributed by atoms with van der Waals surface area (Å²) in [5.41, 5.74) is 3.95. The fraction of sp³-hybridized carbons (Fsp3) is 0.458. The minimum atomic E-state index is -0.279. The molecule has 4 heteroatoms. The maximum absolute atomic E-state index is 13.2. The number of amides is 1. The highest BCUT2D eigenvalue weighted by atomic mass is 16.3. The molecule has 2 aromatic carbocycles. The number of fused-ring (bicyclic) bond motifs is 4. The highest BCUT2D eigenvalue weighted by Gasteiger charge is 2.52. The van der Waals surface area contributed by atoms with Crippen molar-refractivity contribution in [3.8, 4) is 0 Å². The predicted octanol–water partition coefficient (Wildman–Crippen LogP) is 3.33. The summed E-state index contributed by atoms with van der Waals surface area (Å²) in [6.07, 6.45) is 3.95. The van der Waals surface area contributed by atoms with Crippen molar-refractivity contribution in [1.29, 1.82) is 0 Å². The summed E-state index contributed by atoms with van der Waals surface area (Å²) in [6.45, 7) is 2.05. The van der Waals surface area contributed by atoms with Crippen LogP contribution in [0.1, 0.15) is 54.5 Å². The number of aliphatic hydroxyl groups excluding tert-OH is 1. The quantitative estimate of drug-likeness (QED) is 0.864. The molecule has 1 aliphatic carbocycles. The summed E-state index contributed by atoms with van der Waals surface area (Å²) in [5, 5.41) is 13.7. The van der Waals surface area contributed by atoms with E-state index in [9.17, 15) is 9.90 Å². The second-order valence-corrected chi connectivity index (χ2v) is 8.64. The first kappa shape index (κ1) is 17.9. The second kappa shape index (κ2) is 7.02. The highest BCUT2D eigenvalue weighted by molar-refractivity contribution is 5.81. The summed E-state index contributed by atoms with van der Waals surface area (Å²) in [6, 6.07) is 18.5. The number of aliphatic hydroxyl groups is 1. The van der Waals surface area contributed by atoms with Crippen LogP contribution in [0.3, 0.4) is 0 Å². The minimum absolute atomic E-state index is 0.0454. The first-order valence-electron chi connectivity index (χ1n) is 10.5. The molecule has 4 nitrogen and oxygen atoms in total. The minimum Gasteiger partial charge on any atom is -0.394 e. The molecule has 2 saturated heterocycles. The van der Waals surface area contributed by atoms with Gasteiger partial charge in [-0.3, -0.25) is 4.79 Å². The van der Waals surface area contributed by atoms with Gasteiger partial charge in [-0.1, -0.05) is 54.6 Å². The molecule has 28 heavy (non-hydrogen) atoms. The van der Waals surface area contributed by atoms with Crippen molar-refractivity contribution in [2.45, 2.75) is 43.2 Å². The van der Waals surface area contributed by atoms with E-state index in [2.05, 4.69) is 29.6 Å². The standard InChI is InChI=1S/C24H28N2O2/c27-16-21(17-6-2-1-3-7-17)26-22(28)14-18-15-24(10-12-25-13-11-24)20-9-5-4-8-19(20)23(18)26/h1-9,18,21,23,25,27H,10-16H2/t18-,21+,23-/m0/s1. The van der Waals surface area contributed by atoms with Crippen LogP contribution in [-0.2, 0) is 10.2 Å². The van der Waals surface area contributed by atoms with E-state index in [0.717, 1.165) is 37.9 Å². The number of nitrogens with zero attached hydrogens (tertiary/aromatic N) is 1. The van der Waals surface area contributed by atoms with E-state index in [0.29, 0.717) is 12.3 Å². The van der Waals surface area contributed by atoms with Crippen LogP contribution in [0.5, 0.6) is 0 Å². The van der Waals surface area contributed by atoms with Gasteiger partial charge in [0.25, 0.3) is 0 Å². The van der Waals surface area contributed by atoms with E-state index in [1.54, 1.807) is 0 Å². The Kier molecular flexibility index (Phi) is 4.48. The van der Waals surface area contributed by atoms with E-state index < -0.39 is 0 Å². The number of likely N-dealkylation sites (tertiary alicyclic amines) is 1. The van der Waals surface area contributed by atoms with Crippen LogP contribution in [0.15, 0.2) is 54.6 Å². The molecule has 2 heterocycles. The van der Waals surface area contributed by atoms with Gasteiger partial charge in [-0.15, -0.1) is 0 Å². The third kappa shape index (κ3) is 2.70. The Morgan fingerprint density at radius 1 is 1.07 bits per heavy atom. The molecule has 3 aliphatic rings. The van der Waals surface area contributed by atoms with Gasteiger partial charge in [0.2, 0.25) is 5.91 Å². The Labute approximate surface area is 166 Å². The van der Waals surface area contributed by atoms with E-state index in [1.807, 2.05) is 35.2 Å². The Morgan fingerprint density at radius 3 is 2.54 bits per heavy atom. The zero-order valence-corrected chi connectivity index (χ0v) is 16.2. The van der Waals surface area contributed by atoms with Crippen molar-refractivity contribution in [1.82, 2.24) is 10.2 Å². The van der Waals surface area contributed by atoms with Gasteiger partial charge in [0.05, 0.1) is 18.7 Å². The Morgan fingerprint density at radius 2 is 1.79 bits per heavy atom. The average Bonchev–Trinajstić information content (AvgIpc) is 3.06. The molecule has 1 spiro atoms. The van der Waals surface area contributed by atoms with Crippen molar-refractivity contribution >= 4 is 5.91 Å². The SMILES string of the molecule is O=C1C[C@H]2CC3(CCNCC3)c3ccccc3[C@H]2N1[C@H](CO)c1ccccc1. The van der Waals surface area contributed by atoms with E-state index in [1.165, 1.54) is 11.1 Å². The fourth-order valence-corrected chi connectivity index (χ4v) is 6.04. The van der Waals surface area contributed by atoms with Gasteiger partial charge < -0.3 is 15.3 Å². The van der Waals surface area contributed by atoms with Crippen LogP contribution in [-0.4, -0.2) is 35.6 Å². The first-order valence-corrected chi connectivity index (χ1v) is 10.5. The molecule has 0 saturated carbocycles. The molecule has 0 radical (unpaired) electrons. The smallest absolute Gasteiger partial charge is 0.224 e. The zero-order chi connectivity index (χ0) is 19.1. The maximum atomic E-state index is 13.2. The van der Waals surface area contributed by atoms with Crippen LogP contribution in [0, 0.1) is 5.92 Å². The number of benzene rings is 2. The lowest BCUT2D eigenvalue weighted by Gasteiger charge is -2.48. The molecule has 2 aromatic rings. The van der Waals surface area contributed by atoms with Crippen molar-refractivity contribution in [2.24, 2.45) is 5.92 Å². The number of hydrogen-bond acceptors (Lipinski definition) is 3. The summed E-state index contributed by atoms with van der Waals surface area (Å²) in [4.78, 5) is 15.2. The fourth-order valence-electron chi connectivity index (χ4n) is 6.04. The van der Waals surface area contributed by atoms with Crippen LogP contribution >= 0.6 is 0 Å². The maximum Gasteiger partial charge on any atom is 0.224 e. The molecular weight excluding hydrogens is 348 g/mol. The molecule has 5 rings (SSSR count). The normalized spacial score (nSPS) is 26.8. The van der Waals surface area contributed by atoms with E-state index in [-0.39, 0.29) is 30.0 Å². The third-order valence-electron chi connectivity index (χ3n) is 7.23. The molecule has 2 aliphatic heterocycles. The molecule has 1 amide bonds. The van der Waals surface area contributed by atoms with Crippen molar-refractivity contribution in [3.05, 3.63) is 71.3 Å². The molecule has 0 unspecified atom stereocenters. The van der Waals surface area contributed by atoms with Gasteiger partial charge in [-0.25, -0.2) is 0 Å². The van der Waals surface area contributed by atoms with Gasteiger partial charge in [0.1, 0.15) is 0 Å². The van der Waals surface area contributed by atoms with Crippen LogP contribution in [0.25, 0.3) is 0 Å². The highest BCUT2D eigenvalue weighted by Crippen LogP contribution is 2.56. The molecule has 2 N–H and O–H groups in total. The summed E-state index contributed by atoms with van der Waals surface area (Å²) < 4.78 is 0. The number of piperidine rings is 1. The van der Waals surface area contributed by atoms with Crippen LogP contribution < -0.4 is 5.32 Å². The summed E-state index contributed by atoms with van der Waals surface area (Å²) in [7, 11) is 0. The Hall–Kier alpha value is -2.17. The molecule has 0 aromatic heterocycles. The Balaban J connectivity index is 1.60. The van der Waals surface area contributed by atoms with E-state index >= 15 is 0 Å². The molecule has 0 bridgehead atoms. The molecular formula is C24H28N2O2. The van der Waals surface area contributed by atoms with Gasteiger partial charge in [0.15, 0.2) is 0 Å². The third-order valence-corrected chi connectivity index (χ3v) is 7.23. The topological polar surface area (TPSA) is 52.6 Å². The van der Waals surface area contributed by atoms with E-state index in [4.69, 9.17) is 0 Å². The van der Waals surface area contributed by atoms with Gasteiger partial charge >= 0.3 is 0 Å². The number of carbonyl (C=O) groups excluding carboxylic acids is 1. The monoisotopic (exact) mass is 376 g/mol. The second-order valence-electron chi connectivity index (χ2n) is 8.64. The Bertz CT molecular complexity index is 860. The van der Waals surface area contributed by atoms with Crippen molar-refractivity contribution in [3.63, 3.8) is 0 Å². The largest absolute Gasteiger partial charge is 0.394 e. The van der Waals surface area contributed by atoms with Gasteiger partial charge in [-0.2, -0.15) is 0 Å².